The Bertz CT molecular complexity index is 269. The normalized spacial score (nSPS) is 13.8. The smallest absolute Gasteiger partial charge is 0.339 e. The standard InChI is InChI=1S/C11H23O5P/c1-4-9(5-2)7-8-10(17(13,14)15)11(12)16-6-3/h9-10H,4-8H2,1-3H3,(H2,13,14,15). The third-order valence-corrected chi connectivity index (χ3v) is 4.25. The second kappa shape index (κ2) is 7.85. The molecule has 0 spiro atoms. The first kappa shape index (κ1) is 16.6. The quantitative estimate of drug-likeness (QED) is 0.520. The van der Waals surface area contributed by atoms with Gasteiger partial charge >= 0.3 is 13.6 Å². The van der Waals surface area contributed by atoms with Crippen molar-refractivity contribution in [2.24, 2.45) is 5.92 Å². The van der Waals surface area contributed by atoms with Gasteiger partial charge in [0.15, 0.2) is 5.66 Å². The topological polar surface area (TPSA) is 83.8 Å². The number of hydrogen-bond donors (Lipinski definition) is 2. The summed E-state index contributed by atoms with van der Waals surface area (Å²) in [5.41, 5.74) is -1.30. The van der Waals surface area contributed by atoms with Gasteiger partial charge in [-0.1, -0.05) is 26.7 Å². The van der Waals surface area contributed by atoms with Crippen LogP contribution in [0.15, 0.2) is 0 Å². The molecule has 0 aromatic heterocycles. The fourth-order valence-electron chi connectivity index (χ4n) is 1.75. The molecule has 0 aromatic carbocycles. The van der Waals surface area contributed by atoms with Gasteiger partial charge in [0.2, 0.25) is 0 Å². The van der Waals surface area contributed by atoms with E-state index in [9.17, 15) is 9.36 Å². The van der Waals surface area contributed by atoms with Crippen molar-refractivity contribution in [2.75, 3.05) is 6.61 Å². The van der Waals surface area contributed by atoms with Crippen LogP contribution in [0.4, 0.5) is 0 Å². The molecule has 1 unspecified atom stereocenters. The Hall–Kier alpha value is -0.380. The Labute approximate surface area is 103 Å². The predicted octanol–water partition coefficient (Wildman–Crippen LogP) is 2.31. The van der Waals surface area contributed by atoms with Gasteiger partial charge < -0.3 is 14.5 Å². The van der Waals surface area contributed by atoms with Crippen molar-refractivity contribution in [3.63, 3.8) is 0 Å². The summed E-state index contributed by atoms with van der Waals surface area (Å²) in [6.45, 7) is 5.83. The highest BCUT2D eigenvalue weighted by molar-refractivity contribution is 7.53. The minimum Gasteiger partial charge on any atom is -0.465 e. The third-order valence-electron chi connectivity index (χ3n) is 2.97. The lowest BCUT2D eigenvalue weighted by molar-refractivity contribution is -0.143. The van der Waals surface area contributed by atoms with Crippen LogP contribution >= 0.6 is 7.60 Å². The minimum atomic E-state index is -4.41. The molecule has 0 aliphatic rings. The molecule has 0 fully saturated rings. The number of carbonyl (C=O) groups excluding carboxylic acids is 1. The first-order valence-corrected chi connectivity index (χ1v) is 7.76. The van der Waals surface area contributed by atoms with Crippen LogP contribution in [0.3, 0.4) is 0 Å². The minimum absolute atomic E-state index is 0.139. The molecule has 0 amide bonds. The molecule has 0 bridgehead atoms. The maximum Gasteiger partial charge on any atom is 0.339 e. The Balaban J connectivity index is 4.51. The van der Waals surface area contributed by atoms with E-state index in [-0.39, 0.29) is 13.0 Å². The molecule has 17 heavy (non-hydrogen) atoms. The summed E-state index contributed by atoms with van der Waals surface area (Å²) >= 11 is 0. The van der Waals surface area contributed by atoms with Crippen molar-refractivity contribution in [3.8, 4) is 0 Å². The van der Waals surface area contributed by atoms with E-state index in [0.717, 1.165) is 12.8 Å². The molecule has 0 aromatic rings. The van der Waals surface area contributed by atoms with Crippen LogP contribution in [0.5, 0.6) is 0 Å². The van der Waals surface area contributed by atoms with Crippen molar-refractivity contribution in [1.29, 1.82) is 0 Å². The number of ether oxygens (including phenoxy) is 1. The molecule has 102 valence electrons. The van der Waals surface area contributed by atoms with E-state index in [1.54, 1.807) is 6.92 Å². The van der Waals surface area contributed by atoms with Crippen LogP contribution in [0.25, 0.3) is 0 Å². The summed E-state index contributed by atoms with van der Waals surface area (Å²) in [5, 5.41) is 0. The Morgan fingerprint density at radius 1 is 1.18 bits per heavy atom. The van der Waals surface area contributed by atoms with Gasteiger partial charge in [-0.05, 0) is 25.7 Å². The zero-order valence-corrected chi connectivity index (χ0v) is 11.7. The maximum absolute atomic E-state index is 11.5. The number of esters is 1. The number of hydrogen-bond acceptors (Lipinski definition) is 3. The van der Waals surface area contributed by atoms with Crippen molar-refractivity contribution < 1.29 is 23.9 Å². The van der Waals surface area contributed by atoms with Gasteiger partial charge in [-0.2, -0.15) is 0 Å². The van der Waals surface area contributed by atoms with Crippen LogP contribution < -0.4 is 0 Å². The van der Waals surface area contributed by atoms with Gasteiger partial charge in [0.05, 0.1) is 6.61 Å². The van der Waals surface area contributed by atoms with E-state index in [2.05, 4.69) is 0 Å². The number of rotatable bonds is 8. The van der Waals surface area contributed by atoms with Crippen molar-refractivity contribution in [3.05, 3.63) is 0 Å². The molecule has 1 atom stereocenters. The molecule has 5 nitrogen and oxygen atoms in total. The molecule has 0 heterocycles. The Kier molecular flexibility index (Phi) is 7.68. The van der Waals surface area contributed by atoms with Crippen LogP contribution in [-0.4, -0.2) is 28.0 Å². The van der Waals surface area contributed by atoms with Crippen LogP contribution in [-0.2, 0) is 14.1 Å². The summed E-state index contributed by atoms with van der Waals surface area (Å²) in [7, 11) is -4.41. The monoisotopic (exact) mass is 266 g/mol. The van der Waals surface area contributed by atoms with E-state index in [0.29, 0.717) is 12.3 Å². The van der Waals surface area contributed by atoms with E-state index in [1.165, 1.54) is 0 Å². The summed E-state index contributed by atoms with van der Waals surface area (Å²) < 4.78 is 15.9. The second-order valence-corrected chi connectivity index (χ2v) is 5.92. The van der Waals surface area contributed by atoms with Crippen LogP contribution in [0.1, 0.15) is 46.5 Å². The lowest BCUT2D eigenvalue weighted by Gasteiger charge is -2.19. The zero-order chi connectivity index (χ0) is 13.5. The first-order chi connectivity index (χ1) is 7.86. The highest BCUT2D eigenvalue weighted by Gasteiger charge is 2.36. The molecule has 2 N–H and O–H groups in total. The summed E-state index contributed by atoms with van der Waals surface area (Å²) in [4.78, 5) is 29.8. The number of carbonyl (C=O) groups is 1. The van der Waals surface area contributed by atoms with E-state index >= 15 is 0 Å². The molecule has 0 radical (unpaired) electrons. The molecule has 0 rings (SSSR count). The molecule has 0 aliphatic heterocycles. The van der Waals surface area contributed by atoms with Gasteiger partial charge in [0.25, 0.3) is 0 Å². The Morgan fingerprint density at radius 2 is 1.71 bits per heavy atom. The van der Waals surface area contributed by atoms with Gasteiger partial charge in [0, 0.05) is 0 Å². The maximum atomic E-state index is 11.5. The molecular weight excluding hydrogens is 243 g/mol. The largest absolute Gasteiger partial charge is 0.465 e. The third kappa shape index (κ3) is 6.20. The fourth-order valence-corrected chi connectivity index (χ4v) is 2.59. The van der Waals surface area contributed by atoms with Crippen molar-refractivity contribution >= 4 is 13.6 Å². The second-order valence-electron chi connectivity index (χ2n) is 4.12. The molecule has 0 saturated carbocycles. The van der Waals surface area contributed by atoms with Gasteiger partial charge in [0.1, 0.15) is 0 Å². The van der Waals surface area contributed by atoms with Crippen LogP contribution in [0, 0.1) is 5.92 Å². The predicted molar refractivity (Wildman–Crippen MR) is 65.8 cm³/mol. The highest BCUT2D eigenvalue weighted by Crippen LogP contribution is 2.44. The molecular formula is C11H23O5P. The SMILES string of the molecule is CCOC(=O)C(CCC(CC)CC)P(=O)(O)O. The molecule has 6 heteroatoms. The summed E-state index contributed by atoms with van der Waals surface area (Å²) in [6.07, 6.45) is 2.73. The van der Waals surface area contributed by atoms with Gasteiger partial charge in [-0.15, -0.1) is 0 Å². The summed E-state index contributed by atoms with van der Waals surface area (Å²) in [5.74, 6) is -0.384. The lowest BCUT2D eigenvalue weighted by atomic mass is 9.96. The van der Waals surface area contributed by atoms with Gasteiger partial charge in [-0.25, -0.2) is 0 Å². The first-order valence-electron chi connectivity index (χ1n) is 6.08. The molecule has 0 aliphatic carbocycles. The average Bonchev–Trinajstić information content (AvgIpc) is 2.23. The summed E-state index contributed by atoms with van der Waals surface area (Å²) in [6, 6.07) is 0. The molecule has 0 saturated heterocycles. The zero-order valence-electron chi connectivity index (χ0n) is 10.8. The van der Waals surface area contributed by atoms with E-state index in [1.807, 2.05) is 13.8 Å². The van der Waals surface area contributed by atoms with E-state index < -0.39 is 19.2 Å². The fraction of sp³-hybridized carbons (Fsp3) is 0.909. The average molecular weight is 266 g/mol. The van der Waals surface area contributed by atoms with E-state index in [4.69, 9.17) is 14.5 Å². The lowest BCUT2D eigenvalue weighted by Crippen LogP contribution is -2.24. The van der Waals surface area contributed by atoms with Crippen molar-refractivity contribution in [1.82, 2.24) is 0 Å². The van der Waals surface area contributed by atoms with Crippen molar-refractivity contribution in [2.45, 2.75) is 52.1 Å². The van der Waals surface area contributed by atoms with Gasteiger partial charge in [-0.3, -0.25) is 9.36 Å². The Morgan fingerprint density at radius 3 is 2.06 bits per heavy atom. The van der Waals surface area contributed by atoms with Crippen LogP contribution in [0.2, 0.25) is 0 Å². The highest BCUT2D eigenvalue weighted by atomic mass is 31.2.